The van der Waals surface area contributed by atoms with Crippen LogP contribution in [-0.2, 0) is 5.88 Å². The Morgan fingerprint density at radius 3 is 2.95 bits per heavy atom. The van der Waals surface area contributed by atoms with Gasteiger partial charge in [-0.15, -0.1) is 11.6 Å². The summed E-state index contributed by atoms with van der Waals surface area (Å²) < 4.78 is 2.18. The zero-order valence-corrected chi connectivity index (χ0v) is 13.3. The number of rotatable bonds is 6. The Morgan fingerprint density at radius 1 is 1.50 bits per heavy atom. The number of fused-ring (bicyclic) bond motifs is 1. The molecule has 1 atom stereocenters. The molecule has 1 aromatic heterocycles. The summed E-state index contributed by atoms with van der Waals surface area (Å²) in [5, 5.41) is 9.18. The maximum absolute atomic E-state index is 9.18. The lowest BCUT2D eigenvalue weighted by Crippen LogP contribution is -2.09. The third-order valence-electron chi connectivity index (χ3n) is 3.36. The molecule has 0 N–H and O–H groups in total. The van der Waals surface area contributed by atoms with Crippen molar-refractivity contribution in [2.24, 2.45) is 0 Å². The van der Waals surface area contributed by atoms with E-state index < -0.39 is 0 Å². The van der Waals surface area contributed by atoms with Crippen molar-refractivity contribution >= 4 is 34.4 Å². The van der Waals surface area contributed by atoms with Gasteiger partial charge in [0.25, 0.3) is 0 Å². The van der Waals surface area contributed by atoms with E-state index in [0.29, 0.717) is 17.5 Å². The zero-order chi connectivity index (χ0) is 14.5. The van der Waals surface area contributed by atoms with E-state index in [2.05, 4.69) is 29.5 Å². The fourth-order valence-electron chi connectivity index (χ4n) is 2.37. The summed E-state index contributed by atoms with van der Waals surface area (Å²) in [6, 6.07) is 8.26. The summed E-state index contributed by atoms with van der Waals surface area (Å²) in [6.07, 6.45) is 1.07. The van der Waals surface area contributed by atoms with Crippen LogP contribution in [-0.4, -0.2) is 21.1 Å². The monoisotopic (exact) mass is 307 g/mol. The van der Waals surface area contributed by atoms with Crippen LogP contribution in [0.4, 0.5) is 0 Å². The van der Waals surface area contributed by atoms with Gasteiger partial charge in [0.05, 0.1) is 17.0 Å². The average molecular weight is 308 g/mol. The average Bonchev–Trinajstić information content (AvgIpc) is 2.85. The van der Waals surface area contributed by atoms with Gasteiger partial charge in [0, 0.05) is 6.04 Å². The SMILES string of the molecule is CCSCCC(C)n1c(CCl)nc2c(C#N)cccc21. The lowest BCUT2D eigenvalue weighted by atomic mass is 10.2. The van der Waals surface area contributed by atoms with Crippen molar-refractivity contribution in [2.45, 2.75) is 32.2 Å². The van der Waals surface area contributed by atoms with Crippen molar-refractivity contribution in [3.05, 3.63) is 29.6 Å². The molecule has 1 unspecified atom stereocenters. The van der Waals surface area contributed by atoms with Gasteiger partial charge in [0.2, 0.25) is 0 Å². The molecule has 20 heavy (non-hydrogen) atoms. The molecule has 0 radical (unpaired) electrons. The summed E-state index contributed by atoms with van der Waals surface area (Å²) in [6.45, 7) is 4.36. The number of halogens is 1. The molecule has 1 aromatic carbocycles. The number of thioether (sulfide) groups is 1. The number of benzene rings is 1. The van der Waals surface area contributed by atoms with Crippen molar-refractivity contribution in [2.75, 3.05) is 11.5 Å². The van der Waals surface area contributed by atoms with Gasteiger partial charge in [-0.1, -0.05) is 13.0 Å². The minimum Gasteiger partial charge on any atom is -0.324 e. The third-order valence-corrected chi connectivity index (χ3v) is 4.53. The maximum atomic E-state index is 9.18. The fourth-order valence-corrected chi connectivity index (χ4v) is 3.35. The molecule has 0 aliphatic heterocycles. The highest BCUT2D eigenvalue weighted by Gasteiger charge is 2.16. The zero-order valence-electron chi connectivity index (χ0n) is 11.8. The Balaban J connectivity index is 2.43. The van der Waals surface area contributed by atoms with E-state index in [0.717, 1.165) is 34.8 Å². The fraction of sp³-hybridized carbons (Fsp3) is 0.467. The molecule has 0 aliphatic rings. The van der Waals surface area contributed by atoms with Crippen molar-refractivity contribution < 1.29 is 0 Å². The molecular weight excluding hydrogens is 290 g/mol. The molecule has 1 heterocycles. The van der Waals surface area contributed by atoms with E-state index in [1.54, 1.807) is 6.07 Å². The molecular formula is C15H18ClN3S. The van der Waals surface area contributed by atoms with Crippen molar-refractivity contribution in [3.8, 4) is 6.07 Å². The molecule has 0 saturated carbocycles. The van der Waals surface area contributed by atoms with Crippen LogP contribution < -0.4 is 0 Å². The van der Waals surface area contributed by atoms with Gasteiger partial charge < -0.3 is 4.57 Å². The van der Waals surface area contributed by atoms with Crippen LogP contribution in [0.25, 0.3) is 11.0 Å². The van der Waals surface area contributed by atoms with Crippen LogP contribution in [0.3, 0.4) is 0 Å². The number of nitrogens with zero attached hydrogens (tertiary/aromatic N) is 3. The van der Waals surface area contributed by atoms with Gasteiger partial charge in [0.15, 0.2) is 0 Å². The van der Waals surface area contributed by atoms with E-state index in [1.165, 1.54) is 0 Å². The standard InChI is InChI=1S/C15H18ClN3S/c1-3-20-8-7-11(2)19-13-6-4-5-12(10-17)15(13)18-14(19)9-16/h4-6,11H,3,7-9H2,1-2H3. The van der Waals surface area contributed by atoms with Gasteiger partial charge in [-0.2, -0.15) is 17.0 Å². The quantitative estimate of drug-likeness (QED) is 0.588. The lowest BCUT2D eigenvalue weighted by molar-refractivity contribution is 0.534. The molecule has 0 bridgehead atoms. The van der Waals surface area contributed by atoms with Crippen molar-refractivity contribution in [3.63, 3.8) is 0 Å². The number of para-hydroxylation sites is 1. The van der Waals surface area contributed by atoms with E-state index in [-0.39, 0.29) is 0 Å². The van der Waals surface area contributed by atoms with Gasteiger partial charge in [-0.3, -0.25) is 0 Å². The smallest absolute Gasteiger partial charge is 0.125 e. The normalized spacial score (nSPS) is 12.5. The number of alkyl halides is 1. The Kier molecular flexibility index (Phi) is 5.33. The Labute approximate surface area is 128 Å². The summed E-state index contributed by atoms with van der Waals surface area (Å²) in [7, 11) is 0. The highest BCUT2D eigenvalue weighted by molar-refractivity contribution is 7.99. The van der Waals surface area contributed by atoms with Gasteiger partial charge in [-0.05, 0) is 37.0 Å². The topological polar surface area (TPSA) is 41.6 Å². The second-order valence-corrected chi connectivity index (χ2v) is 6.31. The van der Waals surface area contributed by atoms with Gasteiger partial charge >= 0.3 is 0 Å². The molecule has 5 heteroatoms. The van der Waals surface area contributed by atoms with Crippen molar-refractivity contribution in [1.29, 1.82) is 5.26 Å². The Bertz CT molecular complexity index is 630. The van der Waals surface area contributed by atoms with Crippen LogP contribution in [0.2, 0.25) is 0 Å². The van der Waals surface area contributed by atoms with E-state index in [1.807, 2.05) is 23.9 Å². The first-order valence-electron chi connectivity index (χ1n) is 6.76. The number of imidazole rings is 1. The number of hydrogen-bond donors (Lipinski definition) is 0. The molecule has 0 saturated heterocycles. The number of hydrogen-bond acceptors (Lipinski definition) is 3. The largest absolute Gasteiger partial charge is 0.324 e. The first-order chi connectivity index (χ1) is 9.72. The summed E-state index contributed by atoms with van der Waals surface area (Å²) in [5.41, 5.74) is 2.39. The molecule has 0 amide bonds. The molecule has 2 rings (SSSR count). The van der Waals surface area contributed by atoms with Gasteiger partial charge in [0.1, 0.15) is 17.4 Å². The van der Waals surface area contributed by atoms with E-state index in [4.69, 9.17) is 11.6 Å². The van der Waals surface area contributed by atoms with Gasteiger partial charge in [-0.25, -0.2) is 4.98 Å². The van der Waals surface area contributed by atoms with Crippen LogP contribution in [0.15, 0.2) is 18.2 Å². The highest BCUT2D eigenvalue weighted by Crippen LogP contribution is 2.27. The summed E-state index contributed by atoms with van der Waals surface area (Å²) >= 11 is 7.97. The van der Waals surface area contributed by atoms with Crippen LogP contribution in [0, 0.1) is 11.3 Å². The highest BCUT2D eigenvalue weighted by atomic mass is 35.5. The second-order valence-electron chi connectivity index (χ2n) is 4.65. The van der Waals surface area contributed by atoms with Crippen molar-refractivity contribution in [1.82, 2.24) is 9.55 Å². The predicted octanol–water partition coefficient (Wildman–Crippen LogP) is 4.35. The molecule has 0 spiro atoms. The minimum absolute atomic E-state index is 0.335. The first-order valence-corrected chi connectivity index (χ1v) is 8.45. The molecule has 2 aromatic rings. The minimum atomic E-state index is 0.335. The summed E-state index contributed by atoms with van der Waals surface area (Å²) in [4.78, 5) is 4.55. The predicted molar refractivity (Wildman–Crippen MR) is 86.3 cm³/mol. The molecule has 0 fully saturated rings. The maximum Gasteiger partial charge on any atom is 0.125 e. The van der Waals surface area contributed by atoms with Crippen LogP contribution >= 0.6 is 23.4 Å². The number of nitriles is 1. The van der Waals surface area contributed by atoms with E-state index >= 15 is 0 Å². The summed E-state index contributed by atoms with van der Waals surface area (Å²) in [5.74, 6) is 3.47. The van der Waals surface area contributed by atoms with Crippen LogP contribution in [0.5, 0.6) is 0 Å². The van der Waals surface area contributed by atoms with Crippen LogP contribution in [0.1, 0.15) is 37.7 Å². The molecule has 3 nitrogen and oxygen atoms in total. The lowest BCUT2D eigenvalue weighted by Gasteiger charge is -2.16. The Morgan fingerprint density at radius 2 is 2.30 bits per heavy atom. The Hall–Kier alpha value is -1.18. The number of aromatic nitrogens is 2. The second kappa shape index (κ2) is 7.01. The molecule has 106 valence electrons. The first kappa shape index (κ1) is 15.2. The molecule has 0 aliphatic carbocycles. The third kappa shape index (κ3) is 2.94. The van der Waals surface area contributed by atoms with E-state index in [9.17, 15) is 5.26 Å².